The van der Waals surface area contributed by atoms with Gasteiger partial charge in [0.15, 0.2) is 5.82 Å². The van der Waals surface area contributed by atoms with E-state index in [-0.39, 0.29) is 18.1 Å². The van der Waals surface area contributed by atoms with Crippen LogP contribution >= 0.6 is 11.6 Å². The van der Waals surface area contributed by atoms with Gasteiger partial charge in [0.05, 0.1) is 12.1 Å². The summed E-state index contributed by atoms with van der Waals surface area (Å²) in [5.41, 5.74) is -0.629. The highest BCUT2D eigenvalue weighted by Crippen LogP contribution is 2.30. The predicted octanol–water partition coefficient (Wildman–Crippen LogP) is 3.66. The molecule has 0 saturated carbocycles. The van der Waals surface area contributed by atoms with Crippen LogP contribution in [0.15, 0.2) is 47.3 Å². The molecule has 1 aromatic heterocycles. The maximum absolute atomic E-state index is 12.6. The number of alkyl halides is 3. The van der Waals surface area contributed by atoms with Crippen molar-refractivity contribution >= 4 is 11.6 Å². The molecule has 5 nitrogen and oxygen atoms in total. The van der Waals surface area contributed by atoms with Crippen LogP contribution in [0.25, 0.3) is 11.4 Å². The van der Waals surface area contributed by atoms with E-state index in [0.717, 1.165) is 16.8 Å². The van der Waals surface area contributed by atoms with Gasteiger partial charge in [-0.2, -0.15) is 13.2 Å². The summed E-state index contributed by atoms with van der Waals surface area (Å²) in [5, 5.41) is 14.2. The summed E-state index contributed by atoms with van der Waals surface area (Å²) < 4.78 is 38.8. The molecule has 0 unspecified atom stereocenters. The summed E-state index contributed by atoms with van der Waals surface area (Å²) in [6.07, 6.45) is -4.44. The Labute approximate surface area is 144 Å². The van der Waals surface area contributed by atoms with Gasteiger partial charge in [0.1, 0.15) is 5.75 Å². The van der Waals surface area contributed by atoms with Crippen molar-refractivity contribution in [3.05, 3.63) is 69.1 Å². The second kappa shape index (κ2) is 6.29. The SMILES string of the molecule is O=c1[nH]c(-c2ccc(C(F)(F)F)cc2)nn1Cc1cc(Cl)ccc1O. The Hall–Kier alpha value is -2.74. The van der Waals surface area contributed by atoms with E-state index in [2.05, 4.69) is 10.1 Å². The summed E-state index contributed by atoms with van der Waals surface area (Å²) in [6.45, 7) is -0.0393. The van der Waals surface area contributed by atoms with Crippen LogP contribution in [0.4, 0.5) is 13.2 Å². The fraction of sp³-hybridized carbons (Fsp3) is 0.125. The molecule has 0 spiro atoms. The van der Waals surface area contributed by atoms with Gasteiger partial charge in [0, 0.05) is 16.1 Å². The highest BCUT2D eigenvalue weighted by atomic mass is 35.5. The standard InChI is InChI=1S/C16H11ClF3N3O2/c17-12-5-6-13(24)10(7-12)8-23-15(25)21-14(22-23)9-1-3-11(4-2-9)16(18,19)20/h1-7,24H,8H2,(H,21,22,25). The van der Waals surface area contributed by atoms with E-state index >= 15 is 0 Å². The van der Waals surface area contributed by atoms with E-state index in [1.165, 1.54) is 30.3 Å². The monoisotopic (exact) mass is 369 g/mol. The molecule has 3 rings (SSSR count). The Kier molecular flexibility index (Phi) is 4.30. The predicted molar refractivity (Wildman–Crippen MR) is 85.5 cm³/mol. The Morgan fingerprint density at radius 2 is 1.84 bits per heavy atom. The molecule has 9 heteroatoms. The van der Waals surface area contributed by atoms with Crippen LogP contribution in [0.2, 0.25) is 5.02 Å². The number of hydrogen-bond donors (Lipinski definition) is 2. The minimum Gasteiger partial charge on any atom is -0.508 e. The Morgan fingerprint density at radius 3 is 2.48 bits per heavy atom. The number of phenolic OH excluding ortho intramolecular Hbond substituents is 1. The summed E-state index contributed by atoms with van der Waals surface area (Å²) in [7, 11) is 0. The molecule has 0 fully saturated rings. The average Bonchev–Trinajstić information content (AvgIpc) is 2.91. The summed E-state index contributed by atoms with van der Waals surface area (Å²) in [6, 6.07) is 8.67. The number of benzene rings is 2. The first kappa shape index (κ1) is 17.1. The molecule has 0 radical (unpaired) electrons. The van der Waals surface area contributed by atoms with Gasteiger partial charge < -0.3 is 5.11 Å². The molecule has 2 N–H and O–H groups in total. The topological polar surface area (TPSA) is 70.9 Å². The Balaban J connectivity index is 1.90. The van der Waals surface area contributed by atoms with Crippen LogP contribution in [0.3, 0.4) is 0 Å². The van der Waals surface area contributed by atoms with Crippen molar-refractivity contribution in [2.45, 2.75) is 12.7 Å². The van der Waals surface area contributed by atoms with Gasteiger partial charge in [-0.25, -0.2) is 9.48 Å². The van der Waals surface area contributed by atoms with E-state index in [9.17, 15) is 23.1 Å². The maximum Gasteiger partial charge on any atom is 0.416 e. The number of aromatic amines is 1. The van der Waals surface area contributed by atoms with E-state index in [0.29, 0.717) is 16.1 Å². The van der Waals surface area contributed by atoms with Crippen LogP contribution in [0.5, 0.6) is 5.75 Å². The van der Waals surface area contributed by atoms with Crippen LogP contribution < -0.4 is 5.69 Å². The number of rotatable bonds is 3. The summed E-state index contributed by atoms with van der Waals surface area (Å²) in [5.74, 6) is 0.0793. The molecular formula is C16H11ClF3N3O2. The lowest BCUT2D eigenvalue weighted by molar-refractivity contribution is -0.137. The van der Waals surface area contributed by atoms with Crippen LogP contribution in [0.1, 0.15) is 11.1 Å². The van der Waals surface area contributed by atoms with E-state index < -0.39 is 17.4 Å². The number of H-pyrrole nitrogens is 1. The minimum absolute atomic E-state index is 0.0393. The molecule has 2 aromatic carbocycles. The van der Waals surface area contributed by atoms with Gasteiger partial charge in [0.25, 0.3) is 0 Å². The highest BCUT2D eigenvalue weighted by molar-refractivity contribution is 6.30. The zero-order valence-electron chi connectivity index (χ0n) is 12.5. The van der Waals surface area contributed by atoms with Crippen molar-refractivity contribution in [2.75, 3.05) is 0 Å². The zero-order chi connectivity index (χ0) is 18.2. The Bertz CT molecular complexity index is 962. The molecule has 0 amide bonds. The quantitative estimate of drug-likeness (QED) is 0.740. The first-order valence-corrected chi connectivity index (χ1v) is 7.44. The van der Waals surface area contributed by atoms with Crippen LogP contribution in [-0.2, 0) is 12.7 Å². The molecular weight excluding hydrogens is 359 g/mol. The van der Waals surface area contributed by atoms with Crippen molar-refractivity contribution in [3.63, 3.8) is 0 Å². The molecule has 0 saturated heterocycles. The Morgan fingerprint density at radius 1 is 1.16 bits per heavy atom. The van der Waals surface area contributed by atoms with E-state index in [1.54, 1.807) is 0 Å². The number of aromatic hydroxyl groups is 1. The van der Waals surface area contributed by atoms with Crippen molar-refractivity contribution in [3.8, 4) is 17.1 Å². The smallest absolute Gasteiger partial charge is 0.416 e. The third-order valence-electron chi connectivity index (χ3n) is 3.53. The number of phenols is 1. The second-order valence-electron chi connectivity index (χ2n) is 5.28. The number of nitrogens with zero attached hydrogens (tertiary/aromatic N) is 2. The van der Waals surface area contributed by atoms with Crippen LogP contribution in [0, 0.1) is 0 Å². The first-order valence-electron chi connectivity index (χ1n) is 7.06. The van der Waals surface area contributed by atoms with E-state index in [1.807, 2.05) is 0 Å². The first-order chi connectivity index (χ1) is 11.7. The van der Waals surface area contributed by atoms with Gasteiger partial charge in [-0.1, -0.05) is 23.7 Å². The lowest BCUT2D eigenvalue weighted by atomic mass is 10.1. The van der Waals surface area contributed by atoms with E-state index in [4.69, 9.17) is 11.6 Å². The largest absolute Gasteiger partial charge is 0.508 e. The molecule has 3 aromatic rings. The third-order valence-corrected chi connectivity index (χ3v) is 3.76. The fourth-order valence-corrected chi connectivity index (χ4v) is 2.45. The number of halogens is 4. The molecule has 0 aliphatic rings. The van der Waals surface area contributed by atoms with Gasteiger partial charge in [-0.3, -0.25) is 4.98 Å². The minimum atomic E-state index is -4.44. The number of aromatic nitrogens is 3. The lowest BCUT2D eigenvalue weighted by Crippen LogP contribution is -2.18. The molecule has 0 bridgehead atoms. The summed E-state index contributed by atoms with van der Waals surface area (Å²) in [4.78, 5) is 14.5. The van der Waals surface area contributed by atoms with Gasteiger partial charge in [-0.05, 0) is 30.3 Å². The van der Waals surface area contributed by atoms with Crippen LogP contribution in [-0.4, -0.2) is 19.9 Å². The lowest BCUT2D eigenvalue weighted by Gasteiger charge is -2.06. The zero-order valence-corrected chi connectivity index (χ0v) is 13.3. The van der Waals surface area contributed by atoms with Crippen molar-refractivity contribution in [1.29, 1.82) is 0 Å². The van der Waals surface area contributed by atoms with Gasteiger partial charge in [-0.15, -0.1) is 5.10 Å². The van der Waals surface area contributed by atoms with Gasteiger partial charge in [0.2, 0.25) is 0 Å². The molecule has 0 atom stereocenters. The van der Waals surface area contributed by atoms with Crippen molar-refractivity contribution < 1.29 is 18.3 Å². The normalized spacial score (nSPS) is 11.7. The number of nitrogens with one attached hydrogen (secondary N) is 1. The summed E-state index contributed by atoms with van der Waals surface area (Å²) >= 11 is 5.86. The molecule has 0 aliphatic heterocycles. The molecule has 25 heavy (non-hydrogen) atoms. The third kappa shape index (κ3) is 3.69. The molecule has 0 aliphatic carbocycles. The highest BCUT2D eigenvalue weighted by Gasteiger charge is 2.30. The number of hydrogen-bond acceptors (Lipinski definition) is 3. The molecule has 1 heterocycles. The molecule has 130 valence electrons. The second-order valence-corrected chi connectivity index (χ2v) is 5.72. The maximum atomic E-state index is 12.6. The fourth-order valence-electron chi connectivity index (χ4n) is 2.25. The van der Waals surface area contributed by atoms with Crippen molar-refractivity contribution in [1.82, 2.24) is 14.8 Å². The average molecular weight is 370 g/mol. The van der Waals surface area contributed by atoms with Crippen molar-refractivity contribution in [2.24, 2.45) is 0 Å². The van der Waals surface area contributed by atoms with Gasteiger partial charge >= 0.3 is 11.9 Å².